The van der Waals surface area contributed by atoms with Crippen molar-refractivity contribution in [1.82, 2.24) is 4.98 Å². The second-order valence-corrected chi connectivity index (χ2v) is 8.29. The van der Waals surface area contributed by atoms with Gasteiger partial charge in [0.2, 0.25) is 0 Å². The van der Waals surface area contributed by atoms with Gasteiger partial charge in [0.1, 0.15) is 46.7 Å². The lowest BCUT2D eigenvalue weighted by atomic mass is 9.97. The maximum atomic E-state index is 13.1. The van der Waals surface area contributed by atoms with Crippen LogP contribution < -0.4 is 10.5 Å². The Labute approximate surface area is 182 Å². The summed E-state index contributed by atoms with van der Waals surface area (Å²) in [7, 11) is 0. The Balaban J connectivity index is 1.74. The predicted molar refractivity (Wildman–Crippen MR) is 115 cm³/mol. The van der Waals surface area contributed by atoms with Crippen LogP contribution in [0.15, 0.2) is 59.6 Å². The van der Waals surface area contributed by atoms with Gasteiger partial charge in [-0.3, -0.25) is 0 Å². The zero-order chi connectivity index (χ0) is 21.8. The summed E-state index contributed by atoms with van der Waals surface area (Å²) in [5.74, 6) is 0.785. The minimum absolute atomic E-state index is 0.0266. The van der Waals surface area contributed by atoms with E-state index in [1.165, 1.54) is 0 Å². The number of hydrogen-bond acceptors (Lipinski definition) is 7. The summed E-state index contributed by atoms with van der Waals surface area (Å²) >= 11 is -1.62. The fourth-order valence-electron chi connectivity index (χ4n) is 3.22. The topological polar surface area (TPSA) is 128 Å². The highest BCUT2D eigenvalue weighted by molar-refractivity contribution is 7.90. The van der Waals surface area contributed by atoms with E-state index in [0.717, 1.165) is 5.56 Å². The first-order valence-corrected chi connectivity index (χ1v) is 10.8. The molecule has 1 aromatic heterocycles. The average molecular weight is 430 g/mol. The van der Waals surface area contributed by atoms with Gasteiger partial charge in [-0.25, -0.2) is 0 Å². The van der Waals surface area contributed by atoms with Crippen molar-refractivity contribution in [2.75, 3.05) is 18.9 Å². The van der Waals surface area contributed by atoms with Gasteiger partial charge >= 0.3 is 0 Å². The largest absolute Gasteiger partial charge is 0.610 e. The molecule has 2 heterocycles. The average Bonchev–Trinajstić information content (AvgIpc) is 2.76. The molecule has 154 valence electrons. The third kappa shape index (κ3) is 4.32. The maximum Gasteiger partial charge on any atom is 0.265 e. The van der Waals surface area contributed by atoms with Gasteiger partial charge in [0.15, 0.2) is 0 Å². The van der Waals surface area contributed by atoms with Crippen LogP contribution in [0.2, 0.25) is 0 Å². The van der Waals surface area contributed by atoms with E-state index in [9.17, 15) is 15.1 Å². The Kier molecular flexibility index (Phi) is 6.06. The second-order valence-electron chi connectivity index (χ2n) is 6.93. The first kappa shape index (κ1) is 20.7. The van der Waals surface area contributed by atoms with Gasteiger partial charge in [-0.2, -0.15) is 15.5 Å². The zero-order valence-electron chi connectivity index (χ0n) is 16.4. The molecule has 0 saturated carbocycles. The summed E-state index contributed by atoms with van der Waals surface area (Å²) in [6, 6.07) is 20.4. The van der Waals surface area contributed by atoms with Crippen molar-refractivity contribution >= 4 is 17.0 Å². The molecule has 0 bridgehead atoms. The molecular formula is C23H18N4O3S. The third-order valence-electron chi connectivity index (χ3n) is 4.83. The lowest BCUT2D eigenvalue weighted by molar-refractivity contribution is -0.0796. The molecule has 1 aliphatic heterocycles. The Hall–Kier alpha value is -3.56. The monoisotopic (exact) mass is 430 g/mol. The summed E-state index contributed by atoms with van der Waals surface area (Å²) in [6.45, 7) is 1.10. The number of nitrogen functional groups attached to an aromatic ring is 1. The van der Waals surface area contributed by atoms with E-state index in [0.29, 0.717) is 30.1 Å². The summed E-state index contributed by atoms with van der Waals surface area (Å²) in [6.07, 6.45) is 0.0266. The first-order chi connectivity index (χ1) is 15.1. The van der Waals surface area contributed by atoms with Gasteiger partial charge in [0, 0.05) is 22.3 Å². The molecule has 1 aliphatic rings. The number of ether oxygens (including phenoxy) is 2. The minimum atomic E-state index is -1.62. The Morgan fingerprint density at radius 2 is 1.74 bits per heavy atom. The molecule has 1 atom stereocenters. The van der Waals surface area contributed by atoms with Crippen molar-refractivity contribution in [3.8, 4) is 29.0 Å². The van der Waals surface area contributed by atoms with Crippen molar-refractivity contribution in [3.05, 3.63) is 71.3 Å². The third-order valence-corrected chi connectivity index (χ3v) is 6.15. The van der Waals surface area contributed by atoms with Crippen LogP contribution in [0.1, 0.15) is 16.7 Å². The van der Waals surface area contributed by atoms with E-state index in [4.69, 9.17) is 15.2 Å². The number of pyridine rings is 1. The van der Waals surface area contributed by atoms with E-state index >= 15 is 0 Å². The number of nitriles is 2. The van der Waals surface area contributed by atoms with Crippen LogP contribution in [0.3, 0.4) is 0 Å². The summed E-state index contributed by atoms with van der Waals surface area (Å²) in [5.41, 5.74) is 7.96. The number of hydrogen-bond donors (Lipinski definition) is 1. The lowest BCUT2D eigenvalue weighted by Gasteiger charge is -2.26. The number of aromatic nitrogens is 1. The van der Waals surface area contributed by atoms with Gasteiger partial charge in [-0.15, -0.1) is 0 Å². The SMILES string of the molecule is N#Cc1c(N)nc([S+]([O-])Cc2ccccc2)c(C#N)c1-c1ccc(OC2COC2)cc1. The smallest absolute Gasteiger partial charge is 0.265 e. The molecule has 2 aromatic carbocycles. The van der Waals surface area contributed by atoms with Crippen molar-refractivity contribution < 1.29 is 14.0 Å². The molecule has 31 heavy (non-hydrogen) atoms. The van der Waals surface area contributed by atoms with Crippen molar-refractivity contribution in [1.29, 1.82) is 10.5 Å². The van der Waals surface area contributed by atoms with Crippen LogP contribution in [-0.2, 0) is 21.7 Å². The van der Waals surface area contributed by atoms with Crippen LogP contribution in [-0.4, -0.2) is 28.9 Å². The summed E-state index contributed by atoms with van der Waals surface area (Å²) in [4.78, 5) is 4.17. The number of rotatable bonds is 6. The van der Waals surface area contributed by atoms with Crippen molar-refractivity contribution in [2.45, 2.75) is 16.9 Å². The Bertz CT molecular complexity index is 1170. The molecule has 8 heteroatoms. The molecule has 1 fully saturated rings. The van der Waals surface area contributed by atoms with E-state index < -0.39 is 11.2 Å². The Morgan fingerprint density at radius 1 is 1.06 bits per heavy atom. The first-order valence-electron chi connectivity index (χ1n) is 9.51. The lowest BCUT2D eigenvalue weighted by Crippen LogP contribution is -2.38. The number of anilines is 1. The molecule has 3 aromatic rings. The molecule has 1 unspecified atom stereocenters. The zero-order valence-corrected chi connectivity index (χ0v) is 17.3. The quantitative estimate of drug-likeness (QED) is 0.595. The molecule has 2 N–H and O–H groups in total. The summed E-state index contributed by atoms with van der Waals surface area (Å²) < 4.78 is 23.9. The van der Waals surface area contributed by atoms with E-state index in [1.54, 1.807) is 24.3 Å². The van der Waals surface area contributed by atoms with Gasteiger partial charge < -0.3 is 19.8 Å². The molecule has 4 rings (SSSR count). The number of benzene rings is 2. The standard InChI is InChI=1S/C23H18N4O3S/c24-10-19-21(16-6-8-17(9-7-16)30-18-12-29-13-18)20(11-25)23(27-22(19)26)31(28)14-15-4-2-1-3-5-15/h1-9,18H,12-14H2,(H2,26,27). The normalized spacial score (nSPS) is 14.2. The van der Waals surface area contributed by atoms with Crippen LogP contribution in [0, 0.1) is 22.7 Å². The number of nitrogens with zero attached hydrogens (tertiary/aromatic N) is 3. The number of nitrogens with two attached hydrogens (primary N) is 1. The van der Waals surface area contributed by atoms with E-state index in [-0.39, 0.29) is 33.8 Å². The molecule has 1 saturated heterocycles. The van der Waals surface area contributed by atoms with Crippen molar-refractivity contribution in [3.63, 3.8) is 0 Å². The second kappa shape index (κ2) is 9.07. The highest BCUT2D eigenvalue weighted by Gasteiger charge is 2.28. The molecule has 0 aliphatic carbocycles. The van der Waals surface area contributed by atoms with Gasteiger partial charge in [-0.05, 0) is 17.7 Å². The predicted octanol–water partition coefficient (Wildman–Crippen LogP) is 3.16. The van der Waals surface area contributed by atoms with Gasteiger partial charge in [-0.1, -0.05) is 42.5 Å². The maximum absolute atomic E-state index is 13.1. The molecule has 0 amide bonds. The van der Waals surface area contributed by atoms with Gasteiger partial charge in [0.05, 0.1) is 13.2 Å². The summed E-state index contributed by atoms with van der Waals surface area (Å²) in [5, 5.41) is 19.6. The van der Waals surface area contributed by atoms with Crippen LogP contribution in [0.25, 0.3) is 11.1 Å². The van der Waals surface area contributed by atoms with E-state index in [1.807, 2.05) is 36.4 Å². The molecule has 7 nitrogen and oxygen atoms in total. The van der Waals surface area contributed by atoms with Crippen LogP contribution in [0.4, 0.5) is 5.82 Å². The molecule has 0 radical (unpaired) electrons. The fraction of sp³-hybridized carbons (Fsp3) is 0.174. The Morgan fingerprint density at radius 3 is 2.32 bits per heavy atom. The fourth-order valence-corrected chi connectivity index (χ4v) is 4.43. The highest BCUT2D eigenvalue weighted by atomic mass is 32.2. The van der Waals surface area contributed by atoms with Crippen LogP contribution in [0.5, 0.6) is 5.75 Å². The van der Waals surface area contributed by atoms with Crippen molar-refractivity contribution in [2.24, 2.45) is 0 Å². The highest BCUT2D eigenvalue weighted by Crippen LogP contribution is 2.35. The molecular weight excluding hydrogens is 412 g/mol. The van der Waals surface area contributed by atoms with Crippen LogP contribution >= 0.6 is 0 Å². The minimum Gasteiger partial charge on any atom is -0.610 e. The van der Waals surface area contributed by atoms with E-state index in [2.05, 4.69) is 11.1 Å². The molecule has 0 spiro atoms. The van der Waals surface area contributed by atoms with Gasteiger partial charge in [0.25, 0.3) is 5.03 Å².